The van der Waals surface area contributed by atoms with Crippen molar-refractivity contribution in [2.24, 2.45) is 16.3 Å². The Morgan fingerprint density at radius 3 is 2.42 bits per heavy atom. The van der Waals surface area contributed by atoms with Crippen LogP contribution in [0.2, 0.25) is 0 Å². The molecule has 188 valence electrons. The number of hydrogen-bond acceptors (Lipinski definition) is 4. The molecule has 2 aliphatic rings. The Morgan fingerprint density at radius 1 is 1.12 bits per heavy atom. The van der Waals surface area contributed by atoms with Crippen molar-refractivity contribution in [2.45, 2.75) is 64.9 Å². The Kier molecular flexibility index (Phi) is 11.2. The molecule has 1 aromatic rings. The number of guanidine groups is 1. The van der Waals surface area contributed by atoms with Crippen LogP contribution in [0.25, 0.3) is 0 Å². The third-order valence-corrected chi connectivity index (χ3v) is 6.87. The lowest BCUT2D eigenvalue weighted by molar-refractivity contribution is -0.0835. The molecule has 2 saturated heterocycles. The predicted octanol–water partition coefficient (Wildman–Crippen LogP) is 4.76. The summed E-state index contributed by atoms with van der Waals surface area (Å²) in [5, 5.41) is 7.08. The van der Waals surface area contributed by atoms with Crippen molar-refractivity contribution in [3.63, 3.8) is 0 Å². The van der Waals surface area contributed by atoms with Crippen molar-refractivity contribution in [1.82, 2.24) is 10.6 Å². The summed E-state index contributed by atoms with van der Waals surface area (Å²) >= 11 is 0. The monoisotopic (exact) mass is 573 g/mol. The number of halogens is 1. The number of hydrogen-bond donors (Lipinski definition) is 2. The number of aliphatic imine (C=N–C) groups is 1. The summed E-state index contributed by atoms with van der Waals surface area (Å²) in [5.41, 5.74) is 1.45. The maximum atomic E-state index is 6.17. The molecule has 6 nitrogen and oxygen atoms in total. The number of ether oxygens (including phenoxy) is 3. The zero-order valence-corrected chi connectivity index (χ0v) is 23.4. The van der Waals surface area contributed by atoms with Crippen molar-refractivity contribution < 1.29 is 14.2 Å². The maximum absolute atomic E-state index is 6.17. The minimum atomic E-state index is -0.00519. The third kappa shape index (κ3) is 7.72. The Labute approximate surface area is 217 Å². The molecule has 0 aromatic heterocycles. The Hall–Kier alpha value is -1.06. The van der Waals surface area contributed by atoms with Crippen LogP contribution in [0.4, 0.5) is 0 Å². The van der Waals surface area contributed by atoms with E-state index in [0.29, 0.717) is 5.92 Å². The second-order valence-corrected chi connectivity index (χ2v) is 10.3. The second kappa shape index (κ2) is 13.1. The van der Waals surface area contributed by atoms with Crippen LogP contribution < -0.4 is 15.4 Å². The first-order valence-electron chi connectivity index (χ1n) is 12.2. The van der Waals surface area contributed by atoms with Gasteiger partial charge in [0.15, 0.2) is 5.96 Å². The van der Waals surface area contributed by atoms with E-state index in [0.717, 1.165) is 70.4 Å². The molecule has 0 radical (unpaired) electrons. The summed E-state index contributed by atoms with van der Waals surface area (Å²) in [6.07, 6.45) is 4.55. The summed E-state index contributed by atoms with van der Waals surface area (Å²) in [7, 11) is 1.71. The van der Waals surface area contributed by atoms with Gasteiger partial charge >= 0.3 is 0 Å². The van der Waals surface area contributed by atoms with Crippen molar-refractivity contribution in [2.75, 3.05) is 46.6 Å². The van der Waals surface area contributed by atoms with E-state index in [1.807, 2.05) is 0 Å². The van der Waals surface area contributed by atoms with Gasteiger partial charge in [0.25, 0.3) is 0 Å². The van der Waals surface area contributed by atoms with Crippen LogP contribution in [-0.2, 0) is 14.9 Å². The molecule has 2 aliphatic heterocycles. The van der Waals surface area contributed by atoms with Crippen molar-refractivity contribution >= 4 is 29.9 Å². The van der Waals surface area contributed by atoms with Crippen LogP contribution in [0.5, 0.6) is 5.75 Å². The molecule has 2 atom stereocenters. The van der Waals surface area contributed by atoms with Crippen molar-refractivity contribution in [1.29, 1.82) is 0 Å². The number of nitrogens with zero attached hydrogens (tertiary/aromatic N) is 1. The first-order valence-corrected chi connectivity index (χ1v) is 12.2. The maximum Gasteiger partial charge on any atom is 0.191 e. The number of nitrogens with one attached hydrogen (secondary N) is 2. The van der Waals surface area contributed by atoms with Crippen LogP contribution in [0.15, 0.2) is 29.3 Å². The van der Waals surface area contributed by atoms with Gasteiger partial charge in [0, 0.05) is 44.2 Å². The molecular formula is C26H44IN3O3. The van der Waals surface area contributed by atoms with Crippen LogP contribution in [0.1, 0.15) is 58.9 Å². The summed E-state index contributed by atoms with van der Waals surface area (Å²) in [6, 6.07) is 8.48. The fourth-order valence-electron chi connectivity index (χ4n) is 5.05. The van der Waals surface area contributed by atoms with Gasteiger partial charge in [-0.2, -0.15) is 0 Å². The van der Waals surface area contributed by atoms with E-state index in [1.165, 1.54) is 12.0 Å². The van der Waals surface area contributed by atoms with Crippen LogP contribution in [-0.4, -0.2) is 58.6 Å². The predicted molar refractivity (Wildman–Crippen MR) is 146 cm³/mol. The van der Waals surface area contributed by atoms with Gasteiger partial charge < -0.3 is 24.8 Å². The van der Waals surface area contributed by atoms with Crippen LogP contribution >= 0.6 is 24.0 Å². The van der Waals surface area contributed by atoms with E-state index in [9.17, 15) is 0 Å². The minimum absolute atomic E-state index is 0. The van der Waals surface area contributed by atoms with Gasteiger partial charge in [-0.3, -0.25) is 4.99 Å². The summed E-state index contributed by atoms with van der Waals surface area (Å²) in [5.74, 6) is 2.27. The fourth-order valence-corrected chi connectivity index (χ4v) is 5.05. The number of methoxy groups -OCH3 is 1. The molecule has 0 spiro atoms. The quantitative estimate of drug-likeness (QED) is 0.280. The molecule has 3 rings (SSSR count). The smallest absolute Gasteiger partial charge is 0.191 e. The first-order chi connectivity index (χ1) is 15.4. The molecule has 0 amide bonds. The SMILES string of the molecule is CCNC(=NCC1(c2ccc(OC)cc2)CCOCC1)NCC1CCCOC1C(C)(C)C.I. The zero-order valence-electron chi connectivity index (χ0n) is 21.1. The van der Waals surface area contributed by atoms with Gasteiger partial charge in [-0.05, 0) is 55.7 Å². The van der Waals surface area contributed by atoms with Gasteiger partial charge in [-0.25, -0.2) is 0 Å². The molecule has 0 saturated carbocycles. The summed E-state index contributed by atoms with van der Waals surface area (Å²) < 4.78 is 17.2. The highest BCUT2D eigenvalue weighted by Crippen LogP contribution is 2.36. The first kappa shape index (κ1) is 28.2. The van der Waals surface area contributed by atoms with Gasteiger partial charge in [0.2, 0.25) is 0 Å². The molecular weight excluding hydrogens is 529 g/mol. The van der Waals surface area contributed by atoms with Gasteiger partial charge in [0.1, 0.15) is 5.75 Å². The van der Waals surface area contributed by atoms with Gasteiger partial charge in [0.05, 0.1) is 19.8 Å². The number of rotatable bonds is 7. The zero-order chi connectivity index (χ0) is 23.0. The molecule has 33 heavy (non-hydrogen) atoms. The average Bonchev–Trinajstić information content (AvgIpc) is 2.81. The molecule has 2 heterocycles. The van der Waals surface area contributed by atoms with E-state index in [1.54, 1.807) is 7.11 Å². The highest BCUT2D eigenvalue weighted by Gasteiger charge is 2.36. The van der Waals surface area contributed by atoms with Crippen molar-refractivity contribution in [3.05, 3.63) is 29.8 Å². The number of benzene rings is 1. The summed E-state index contributed by atoms with van der Waals surface area (Å²) in [4.78, 5) is 5.07. The van der Waals surface area contributed by atoms with Crippen LogP contribution in [0.3, 0.4) is 0 Å². The lowest BCUT2D eigenvalue weighted by Gasteiger charge is -2.40. The molecule has 2 unspecified atom stereocenters. The van der Waals surface area contributed by atoms with Crippen molar-refractivity contribution in [3.8, 4) is 5.75 Å². The normalized spacial score (nSPS) is 23.4. The molecule has 0 bridgehead atoms. The second-order valence-electron chi connectivity index (χ2n) is 10.3. The fraction of sp³-hybridized carbons (Fsp3) is 0.731. The highest BCUT2D eigenvalue weighted by atomic mass is 127. The Bertz CT molecular complexity index is 727. The molecule has 2 N–H and O–H groups in total. The topological polar surface area (TPSA) is 64.1 Å². The standard InChI is InChI=1S/C26H43N3O3.HI/c1-6-27-24(28-18-20-8-7-15-32-23(20)25(2,3)4)29-19-26(13-16-31-17-14-26)21-9-11-22(30-5)12-10-21;/h9-12,20,23H,6-8,13-19H2,1-5H3,(H2,27,28,29);1H. The molecule has 7 heteroatoms. The lowest BCUT2D eigenvalue weighted by Crippen LogP contribution is -2.48. The third-order valence-electron chi connectivity index (χ3n) is 6.87. The lowest BCUT2D eigenvalue weighted by atomic mass is 9.74. The highest BCUT2D eigenvalue weighted by molar-refractivity contribution is 14.0. The van der Waals surface area contributed by atoms with E-state index in [4.69, 9.17) is 19.2 Å². The van der Waals surface area contributed by atoms with E-state index >= 15 is 0 Å². The summed E-state index contributed by atoms with van der Waals surface area (Å²) in [6.45, 7) is 13.8. The van der Waals surface area contributed by atoms with E-state index in [-0.39, 0.29) is 40.9 Å². The molecule has 0 aliphatic carbocycles. The Balaban J connectivity index is 0.00000385. The largest absolute Gasteiger partial charge is 0.497 e. The van der Waals surface area contributed by atoms with E-state index < -0.39 is 0 Å². The van der Waals surface area contributed by atoms with Gasteiger partial charge in [-0.1, -0.05) is 32.9 Å². The Morgan fingerprint density at radius 2 is 1.82 bits per heavy atom. The van der Waals surface area contributed by atoms with Crippen LogP contribution in [0, 0.1) is 11.3 Å². The minimum Gasteiger partial charge on any atom is -0.497 e. The average molecular weight is 574 g/mol. The molecule has 2 fully saturated rings. The molecule has 1 aromatic carbocycles. The van der Waals surface area contributed by atoms with Gasteiger partial charge in [-0.15, -0.1) is 24.0 Å². The van der Waals surface area contributed by atoms with E-state index in [2.05, 4.69) is 62.6 Å².